The molecular formula is C16H17F3N4O2. The van der Waals surface area contributed by atoms with Gasteiger partial charge < -0.3 is 10.1 Å². The molecule has 3 rings (SSSR count). The standard InChI is InChI=1S/C16H17F3N4O2/c1-8-13(16(17,18)19)22-23(3)14(8)21-15(24)20-12-9(2)25-11-7-5-4-6-10(11)12/h4-7,9,12H,1-3H3,(H2,20,21,24). The lowest BCUT2D eigenvalue weighted by atomic mass is 10.1. The van der Waals surface area contributed by atoms with Crippen LogP contribution >= 0.6 is 0 Å². The number of alkyl halides is 3. The number of carbonyl (C=O) groups is 1. The monoisotopic (exact) mass is 354 g/mol. The quantitative estimate of drug-likeness (QED) is 0.869. The molecule has 6 nitrogen and oxygen atoms in total. The lowest BCUT2D eigenvalue weighted by Gasteiger charge is -2.17. The van der Waals surface area contributed by atoms with Crippen LogP contribution in [0.2, 0.25) is 0 Å². The van der Waals surface area contributed by atoms with Crippen molar-refractivity contribution in [3.8, 4) is 5.75 Å². The Bertz CT molecular complexity index is 816. The number of carbonyl (C=O) groups excluding carboxylic acids is 1. The number of hydrogen-bond donors (Lipinski definition) is 2. The van der Waals surface area contributed by atoms with Gasteiger partial charge in [0.15, 0.2) is 5.69 Å². The molecule has 0 radical (unpaired) electrons. The van der Waals surface area contributed by atoms with Gasteiger partial charge in [-0.2, -0.15) is 18.3 Å². The molecule has 0 saturated carbocycles. The molecule has 134 valence electrons. The van der Waals surface area contributed by atoms with Crippen LogP contribution in [0.25, 0.3) is 0 Å². The maximum absolute atomic E-state index is 12.9. The van der Waals surface area contributed by atoms with E-state index >= 15 is 0 Å². The number of nitrogens with zero attached hydrogens (tertiary/aromatic N) is 2. The van der Waals surface area contributed by atoms with Gasteiger partial charge in [0.25, 0.3) is 0 Å². The Morgan fingerprint density at radius 3 is 2.64 bits per heavy atom. The number of hydrogen-bond acceptors (Lipinski definition) is 3. The molecule has 0 bridgehead atoms. The summed E-state index contributed by atoms with van der Waals surface area (Å²) >= 11 is 0. The highest BCUT2D eigenvalue weighted by atomic mass is 19.4. The highest BCUT2D eigenvalue weighted by Crippen LogP contribution is 2.36. The third kappa shape index (κ3) is 3.13. The van der Waals surface area contributed by atoms with E-state index in [1.165, 1.54) is 14.0 Å². The number of aryl methyl sites for hydroxylation is 1. The molecule has 2 heterocycles. The topological polar surface area (TPSA) is 68.2 Å². The molecule has 0 fully saturated rings. The van der Waals surface area contributed by atoms with Crippen molar-refractivity contribution in [2.45, 2.75) is 32.2 Å². The lowest BCUT2D eigenvalue weighted by Crippen LogP contribution is -2.37. The van der Waals surface area contributed by atoms with Gasteiger partial charge in [0, 0.05) is 18.2 Å². The van der Waals surface area contributed by atoms with Crippen molar-refractivity contribution in [3.05, 3.63) is 41.1 Å². The summed E-state index contributed by atoms with van der Waals surface area (Å²) in [5, 5.41) is 8.62. The number of halogens is 3. The number of fused-ring (bicyclic) bond motifs is 1. The number of nitrogens with one attached hydrogen (secondary N) is 2. The van der Waals surface area contributed by atoms with Gasteiger partial charge in [-0.3, -0.25) is 10.00 Å². The van der Waals surface area contributed by atoms with E-state index in [2.05, 4.69) is 15.7 Å². The maximum Gasteiger partial charge on any atom is 0.435 e. The second kappa shape index (κ2) is 5.98. The second-order valence-corrected chi connectivity index (χ2v) is 5.88. The van der Waals surface area contributed by atoms with Gasteiger partial charge in [-0.1, -0.05) is 18.2 Å². The largest absolute Gasteiger partial charge is 0.488 e. The van der Waals surface area contributed by atoms with E-state index in [4.69, 9.17) is 4.74 Å². The Morgan fingerprint density at radius 1 is 1.32 bits per heavy atom. The van der Waals surface area contributed by atoms with Crippen LogP contribution in [0.15, 0.2) is 24.3 Å². The lowest BCUT2D eigenvalue weighted by molar-refractivity contribution is -0.141. The van der Waals surface area contributed by atoms with Crippen LogP contribution in [0.3, 0.4) is 0 Å². The van der Waals surface area contributed by atoms with E-state index in [-0.39, 0.29) is 17.5 Å². The van der Waals surface area contributed by atoms with Gasteiger partial charge >= 0.3 is 12.2 Å². The van der Waals surface area contributed by atoms with Crippen LogP contribution in [0.4, 0.5) is 23.8 Å². The third-order valence-corrected chi connectivity index (χ3v) is 4.11. The van der Waals surface area contributed by atoms with Gasteiger partial charge in [0.2, 0.25) is 0 Å². The molecule has 0 aliphatic carbocycles. The molecule has 0 spiro atoms. The van der Waals surface area contributed by atoms with E-state index in [9.17, 15) is 18.0 Å². The van der Waals surface area contributed by atoms with Crippen molar-refractivity contribution in [2.24, 2.45) is 7.05 Å². The van der Waals surface area contributed by atoms with Gasteiger partial charge in [0.1, 0.15) is 17.7 Å². The fraction of sp³-hybridized carbons (Fsp3) is 0.375. The van der Waals surface area contributed by atoms with E-state index < -0.39 is 23.9 Å². The molecule has 2 amide bonds. The molecule has 2 atom stereocenters. The van der Waals surface area contributed by atoms with Crippen molar-refractivity contribution in [1.82, 2.24) is 15.1 Å². The average molecular weight is 354 g/mol. The van der Waals surface area contributed by atoms with Crippen molar-refractivity contribution in [1.29, 1.82) is 0 Å². The van der Waals surface area contributed by atoms with Gasteiger partial charge in [-0.05, 0) is 19.9 Å². The third-order valence-electron chi connectivity index (χ3n) is 4.11. The van der Waals surface area contributed by atoms with Gasteiger partial charge in [-0.15, -0.1) is 0 Å². The van der Waals surface area contributed by atoms with E-state index in [1.54, 1.807) is 6.07 Å². The van der Waals surface area contributed by atoms with Crippen molar-refractivity contribution in [2.75, 3.05) is 5.32 Å². The first-order valence-corrected chi connectivity index (χ1v) is 7.62. The summed E-state index contributed by atoms with van der Waals surface area (Å²) in [5.74, 6) is 0.668. The molecule has 2 N–H and O–H groups in total. The number of benzene rings is 1. The highest BCUT2D eigenvalue weighted by Gasteiger charge is 2.38. The Labute approximate surface area is 142 Å². The van der Waals surface area contributed by atoms with Crippen molar-refractivity contribution in [3.63, 3.8) is 0 Å². The molecule has 25 heavy (non-hydrogen) atoms. The number of para-hydroxylation sites is 1. The predicted octanol–water partition coefficient (Wildman–Crippen LogP) is 3.39. The molecule has 0 saturated heterocycles. The predicted molar refractivity (Wildman–Crippen MR) is 84.4 cm³/mol. The Balaban J connectivity index is 1.77. The SMILES string of the molecule is Cc1c(C(F)(F)F)nn(C)c1NC(=O)NC1c2ccccc2OC1C. The summed E-state index contributed by atoms with van der Waals surface area (Å²) in [5.41, 5.74) is -0.336. The zero-order chi connectivity index (χ0) is 18.4. The summed E-state index contributed by atoms with van der Waals surface area (Å²) in [7, 11) is 1.34. The minimum absolute atomic E-state index is 0.00956. The van der Waals surface area contributed by atoms with Crippen LogP contribution < -0.4 is 15.4 Å². The Morgan fingerprint density at radius 2 is 2.00 bits per heavy atom. The molecule has 1 aromatic carbocycles. The van der Waals surface area contributed by atoms with Crippen molar-refractivity contribution < 1.29 is 22.7 Å². The number of rotatable bonds is 2. The summed E-state index contributed by atoms with van der Waals surface area (Å²) in [6, 6.07) is 6.26. The van der Waals surface area contributed by atoms with Crippen LogP contribution in [0.1, 0.15) is 29.8 Å². The first kappa shape index (κ1) is 17.1. The van der Waals surface area contributed by atoms with Crippen molar-refractivity contribution >= 4 is 11.8 Å². The summed E-state index contributed by atoms with van der Waals surface area (Å²) < 4.78 is 45.4. The molecule has 2 aromatic rings. The zero-order valence-corrected chi connectivity index (χ0v) is 13.8. The van der Waals surface area contributed by atoms with E-state index in [0.29, 0.717) is 5.75 Å². The number of amides is 2. The fourth-order valence-electron chi connectivity index (χ4n) is 2.92. The maximum atomic E-state index is 12.9. The molecule has 9 heteroatoms. The van der Waals surface area contributed by atoms with Gasteiger partial charge in [0.05, 0.1) is 6.04 Å². The van der Waals surface area contributed by atoms with Crippen LogP contribution in [-0.2, 0) is 13.2 Å². The average Bonchev–Trinajstić information content (AvgIpc) is 2.98. The molecule has 1 aliphatic rings. The minimum atomic E-state index is -4.58. The fourth-order valence-corrected chi connectivity index (χ4v) is 2.92. The number of ether oxygens (including phenoxy) is 1. The van der Waals surface area contributed by atoms with E-state index in [0.717, 1.165) is 10.2 Å². The van der Waals surface area contributed by atoms with E-state index in [1.807, 2.05) is 25.1 Å². The normalized spacial score (nSPS) is 19.3. The summed E-state index contributed by atoms with van der Waals surface area (Å²) in [6.45, 7) is 3.07. The Hall–Kier alpha value is -2.71. The molecule has 1 aromatic heterocycles. The van der Waals surface area contributed by atoms with Gasteiger partial charge in [-0.25, -0.2) is 4.79 Å². The van der Waals surface area contributed by atoms with Crippen LogP contribution in [0, 0.1) is 6.92 Å². The molecular weight excluding hydrogens is 337 g/mol. The number of aromatic nitrogens is 2. The highest BCUT2D eigenvalue weighted by molar-refractivity contribution is 5.89. The number of anilines is 1. The Kier molecular flexibility index (Phi) is 4.09. The zero-order valence-electron chi connectivity index (χ0n) is 13.8. The molecule has 2 unspecified atom stereocenters. The van der Waals surface area contributed by atoms with Crippen LogP contribution in [0.5, 0.6) is 5.75 Å². The number of urea groups is 1. The van der Waals surface area contributed by atoms with Crippen LogP contribution in [-0.4, -0.2) is 21.9 Å². The smallest absolute Gasteiger partial charge is 0.435 e. The first-order chi connectivity index (χ1) is 11.7. The molecule has 1 aliphatic heterocycles. The summed E-state index contributed by atoms with van der Waals surface area (Å²) in [4.78, 5) is 12.3. The minimum Gasteiger partial charge on any atom is -0.488 e. The first-order valence-electron chi connectivity index (χ1n) is 7.62. The second-order valence-electron chi connectivity index (χ2n) is 5.88. The summed E-state index contributed by atoms with van der Waals surface area (Å²) in [6.07, 6.45) is -4.87.